The molecule has 1 N–H and O–H groups in total. The summed E-state index contributed by atoms with van der Waals surface area (Å²) in [4.78, 5) is 23.6. The molecule has 3 aromatic carbocycles. The summed E-state index contributed by atoms with van der Waals surface area (Å²) < 4.78 is 19.3. The number of hydrogen-bond acceptors (Lipinski definition) is 3. The van der Waals surface area contributed by atoms with Crippen LogP contribution in [0.4, 0.5) is 9.18 Å². The highest BCUT2D eigenvalue weighted by atomic mass is 19.1. The molecule has 5 heteroatoms. The van der Waals surface area contributed by atoms with Crippen LogP contribution in [-0.4, -0.2) is 25.0 Å². The van der Waals surface area contributed by atoms with E-state index in [4.69, 9.17) is 4.74 Å². The molecule has 0 saturated heterocycles. The smallest absolute Gasteiger partial charge is 0.407 e. The van der Waals surface area contributed by atoms with E-state index in [1.54, 1.807) is 6.08 Å². The topological polar surface area (TPSA) is 55.4 Å². The molecule has 31 heavy (non-hydrogen) atoms. The van der Waals surface area contributed by atoms with E-state index >= 15 is 0 Å². The van der Waals surface area contributed by atoms with Gasteiger partial charge < -0.3 is 10.1 Å². The Morgan fingerprint density at radius 2 is 1.65 bits per heavy atom. The summed E-state index contributed by atoms with van der Waals surface area (Å²) in [6.45, 7) is 1.85. The summed E-state index contributed by atoms with van der Waals surface area (Å²) in [6, 6.07) is 20.5. The maximum Gasteiger partial charge on any atom is 0.407 e. The van der Waals surface area contributed by atoms with Gasteiger partial charge in [-0.05, 0) is 47.4 Å². The number of fused-ring (bicyclic) bond motifs is 3. The van der Waals surface area contributed by atoms with Crippen molar-refractivity contribution in [3.05, 3.63) is 101 Å². The molecule has 0 atom stereocenters. The Labute approximate surface area is 180 Å². The van der Waals surface area contributed by atoms with Gasteiger partial charge in [-0.2, -0.15) is 0 Å². The van der Waals surface area contributed by atoms with Crippen LogP contribution in [0.2, 0.25) is 0 Å². The van der Waals surface area contributed by atoms with Gasteiger partial charge in [0.1, 0.15) is 12.4 Å². The minimum atomic E-state index is -0.538. The molecule has 3 aromatic rings. The summed E-state index contributed by atoms with van der Waals surface area (Å²) in [7, 11) is 0. The van der Waals surface area contributed by atoms with E-state index in [0.29, 0.717) is 11.1 Å². The maximum atomic E-state index is 13.9. The third kappa shape index (κ3) is 4.40. The Balaban J connectivity index is 1.34. The normalized spacial score (nSPS) is 12.5. The highest BCUT2D eigenvalue weighted by Crippen LogP contribution is 2.44. The molecular weight excluding hydrogens is 393 g/mol. The average Bonchev–Trinajstić information content (AvgIpc) is 3.10. The van der Waals surface area contributed by atoms with E-state index in [9.17, 15) is 14.0 Å². The molecule has 0 unspecified atom stereocenters. The van der Waals surface area contributed by atoms with Crippen molar-refractivity contribution in [2.24, 2.45) is 0 Å². The minimum absolute atomic E-state index is 0.00268. The van der Waals surface area contributed by atoms with E-state index in [1.165, 1.54) is 42.3 Å². The first-order chi connectivity index (χ1) is 15.0. The van der Waals surface area contributed by atoms with E-state index in [0.717, 1.165) is 11.1 Å². The number of hydrogen-bond donors (Lipinski definition) is 1. The first kappa shape index (κ1) is 20.5. The second-order valence-electron chi connectivity index (χ2n) is 7.40. The molecule has 156 valence electrons. The number of ketones is 1. The number of halogens is 1. The van der Waals surface area contributed by atoms with Crippen molar-refractivity contribution in [2.75, 3.05) is 13.2 Å². The Morgan fingerprint density at radius 1 is 1.00 bits per heavy atom. The summed E-state index contributed by atoms with van der Waals surface area (Å²) >= 11 is 0. The lowest BCUT2D eigenvalue weighted by Gasteiger charge is -2.14. The molecule has 4 nitrogen and oxygen atoms in total. The van der Waals surface area contributed by atoms with Crippen molar-refractivity contribution in [3.8, 4) is 11.1 Å². The van der Waals surface area contributed by atoms with Crippen LogP contribution >= 0.6 is 0 Å². The Bertz CT molecular complexity index is 1120. The fraction of sp³-hybridized carbons (Fsp3) is 0.154. The first-order valence-corrected chi connectivity index (χ1v) is 10.1. The molecule has 0 radical (unpaired) electrons. The van der Waals surface area contributed by atoms with Crippen LogP contribution in [0, 0.1) is 5.82 Å². The van der Waals surface area contributed by atoms with Crippen molar-refractivity contribution in [3.63, 3.8) is 0 Å². The summed E-state index contributed by atoms with van der Waals surface area (Å²) in [5, 5.41) is 2.64. The van der Waals surface area contributed by atoms with E-state index in [-0.39, 0.29) is 24.9 Å². The van der Waals surface area contributed by atoms with Crippen molar-refractivity contribution < 1.29 is 18.7 Å². The summed E-state index contributed by atoms with van der Waals surface area (Å²) in [5.74, 6) is -0.564. The van der Waals surface area contributed by atoms with Gasteiger partial charge in [-0.25, -0.2) is 9.18 Å². The van der Waals surface area contributed by atoms with E-state index in [2.05, 4.69) is 29.6 Å². The van der Waals surface area contributed by atoms with E-state index in [1.807, 2.05) is 24.3 Å². The number of ether oxygens (including phenoxy) is 1. The Morgan fingerprint density at radius 3 is 2.29 bits per heavy atom. The number of carbonyl (C=O) groups is 2. The average molecular weight is 415 g/mol. The van der Waals surface area contributed by atoms with Crippen molar-refractivity contribution in [1.82, 2.24) is 5.32 Å². The number of carbonyl (C=O) groups excluding carboxylic acids is 2. The largest absolute Gasteiger partial charge is 0.449 e. The fourth-order valence-corrected chi connectivity index (χ4v) is 3.87. The molecular formula is C26H22FNO3. The van der Waals surface area contributed by atoms with Crippen LogP contribution in [0.3, 0.4) is 0 Å². The van der Waals surface area contributed by atoms with Crippen LogP contribution in [0.25, 0.3) is 17.2 Å². The zero-order valence-corrected chi connectivity index (χ0v) is 17.1. The molecule has 0 saturated carbocycles. The highest BCUT2D eigenvalue weighted by molar-refractivity contribution is 5.94. The number of Topliss-reactive ketones (excluding diaryl/α,β-unsaturated/α-hetero) is 1. The lowest BCUT2D eigenvalue weighted by molar-refractivity contribution is 0.101. The van der Waals surface area contributed by atoms with Gasteiger partial charge in [-0.1, -0.05) is 60.7 Å². The van der Waals surface area contributed by atoms with Gasteiger partial charge in [-0.15, -0.1) is 0 Å². The SMILES string of the molecule is CC(=O)c1ccc(F)c(C=CCNC(=O)OCC2c3ccccc3-c3ccccc32)c1. The Kier molecular flexibility index (Phi) is 5.94. The predicted molar refractivity (Wildman–Crippen MR) is 119 cm³/mol. The van der Waals surface area contributed by atoms with Gasteiger partial charge in [0.25, 0.3) is 0 Å². The van der Waals surface area contributed by atoms with Gasteiger partial charge in [0.05, 0.1) is 0 Å². The van der Waals surface area contributed by atoms with Gasteiger partial charge >= 0.3 is 6.09 Å². The van der Waals surface area contributed by atoms with Crippen LogP contribution in [0.5, 0.6) is 0 Å². The molecule has 1 aliphatic rings. The fourth-order valence-electron chi connectivity index (χ4n) is 3.87. The first-order valence-electron chi connectivity index (χ1n) is 10.1. The molecule has 0 bridgehead atoms. The molecule has 0 heterocycles. The second kappa shape index (κ2) is 8.96. The quantitative estimate of drug-likeness (QED) is 0.535. The molecule has 0 aliphatic heterocycles. The summed E-state index contributed by atoms with van der Waals surface area (Å²) in [5.41, 5.74) is 5.37. The molecule has 0 fully saturated rings. The number of amides is 1. The Hall–Kier alpha value is -3.73. The number of alkyl carbamates (subject to hydrolysis) is 1. The number of rotatable bonds is 6. The van der Waals surface area contributed by atoms with Crippen LogP contribution in [0.15, 0.2) is 72.8 Å². The second-order valence-corrected chi connectivity index (χ2v) is 7.40. The maximum absolute atomic E-state index is 13.9. The predicted octanol–water partition coefficient (Wildman–Crippen LogP) is 5.58. The monoisotopic (exact) mass is 415 g/mol. The van der Waals surface area contributed by atoms with Gasteiger partial charge in [0.2, 0.25) is 0 Å². The van der Waals surface area contributed by atoms with Crippen LogP contribution < -0.4 is 5.32 Å². The summed E-state index contributed by atoms with van der Waals surface area (Å²) in [6.07, 6.45) is 2.61. The van der Waals surface area contributed by atoms with Gasteiger partial charge in [-0.3, -0.25) is 4.79 Å². The molecule has 1 amide bonds. The number of benzene rings is 3. The van der Waals surface area contributed by atoms with E-state index < -0.39 is 11.9 Å². The molecule has 4 rings (SSSR count). The third-order valence-electron chi connectivity index (χ3n) is 5.41. The van der Waals surface area contributed by atoms with Crippen molar-refractivity contribution in [2.45, 2.75) is 12.8 Å². The van der Waals surface area contributed by atoms with Gasteiger partial charge in [0.15, 0.2) is 5.78 Å². The zero-order valence-electron chi connectivity index (χ0n) is 17.1. The standard InChI is InChI=1S/C26H22FNO3/c1-17(29)18-12-13-25(27)19(15-18)7-6-14-28-26(30)31-16-24-22-10-4-2-8-20(22)21-9-3-5-11-23(21)24/h2-13,15,24H,14,16H2,1H3,(H,28,30). The van der Waals surface area contributed by atoms with Crippen LogP contribution in [0.1, 0.15) is 39.9 Å². The number of nitrogens with one attached hydrogen (secondary N) is 1. The molecule has 1 aliphatic carbocycles. The minimum Gasteiger partial charge on any atom is -0.449 e. The van der Waals surface area contributed by atoms with Crippen LogP contribution in [-0.2, 0) is 4.74 Å². The molecule has 0 aromatic heterocycles. The zero-order chi connectivity index (χ0) is 21.8. The van der Waals surface area contributed by atoms with Crippen molar-refractivity contribution in [1.29, 1.82) is 0 Å². The highest BCUT2D eigenvalue weighted by Gasteiger charge is 2.28. The van der Waals surface area contributed by atoms with Crippen molar-refractivity contribution >= 4 is 18.0 Å². The third-order valence-corrected chi connectivity index (χ3v) is 5.41. The molecule has 0 spiro atoms. The lowest BCUT2D eigenvalue weighted by Crippen LogP contribution is -2.26. The van der Waals surface area contributed by atoms with Gasteiger partial charge in [0, 0.05) is 23.6 Å². The lowest BCUT2D eigenvalue weighted by atomic mass is 9.98.